The van der Waals surface area contributed by atoms with Gasteiger partial charge < -0.3 is 14.1 Å². The summed E-state index contributed by atoms with van der Waals surface area (Å²) in [4.78, 5) is 16.1. The second-order valence-electron chi connectivity index (χ2n) is 5.62. The fourth-order valence-corrected chi connectivity index (χ4v) is 3.31. The zero-order chi connectivity index (χ0) is 13.9. The van der Waals surface area contributed by atoms with Crippen molar-refractivity contribution in [3.05, 3.63) is 24.2 Å². The third kappa shape index (κ3) is 2.88. The van der Waals surface area contributed by atoms with Gasteiger partial charge in [-0.1, -0.05) is 0 Å². The minimum absolute atomic E-state index is 0.169. The standard InChI is InChI=1S/C15H22N2O3/c1-12(18)17-8-10-20-15-5-7-16(6-4-14(15)17)11-13-3-2-9-19-13/h2-3,9,14-15H,4-8,10-11H2,1H3. The second kappa shape index (κ2) is 5.97. The van der Waals surface area contributed by atoms with Gasteiger partial charge in [0.25, 0.3) is 0 Å². The Labute approximate surface area is 119 Å². The summed E-state index contributed by atoms with van der Waals surface area (Å²) in [6.07, 6.45) is 3.86. The lowest BCUT2D eigenvalue weighted by molar-refractivity contribution is -0.144. The lowest BCUT2D eigenvalue weighted by Gasteiger charge is -2.39. The van der Waals surface area contributed by atoms with E-state index in [1.807, 2.05) is 17.0 Å². The number of fused-ring (bicyclic) bond motifs is 1. The molecule has 2 aliphatic heterocycles. The Morgan fingerprint density at radius 3 is 2.95 bits per heavy atom. The number of nitrogens with zero attached hydrogens (tertiary/aromatic N) is 2. The maximum absolute atomic E-state index is 11.7. The fraction of sp³-hybridized carbons (Fsp3) is 0.667. The Kier molecular flexibility index (Phi) is 4.08. The maximum Gasteiger partial charge on any atom is 0.219 e. The Hall–Kier alpha value is -1.33. The molecule has 5 nitrogen and oxygen atoms in total. The summed E-state index contributed by atoms with van der Waals surface area (Å²) in [7, 11) is 0. The molecule has 2 unspecified atom stereocenters. The van der Waals surface area contributed by atoms with E-state index in [1.54, 1.807) is 13.2 Å². The van der Waals surface area contributed by atoms with E-state index in [2.05, 4.69) is 4.90 Å². The van der Waals surface area contributed by atoms with Gasteiger partial charge in [0.15, 0.2) is 0 Å². The number of carbonyl (C=O) groups is 1. The molecular formula is C15H22N2O3. The van der Waals surface area contributed by atoms with E-state index >= 15 is 0 Å². The molecule has 110 valence electrons. The molecule has 0 spiro atoms. The van der Waals surface area contributed by atoms with Crippen LogP contribution in [0, 0.1) is 0 Å². The van der Waals surface area contributed by atoms with E-state index in [9.17, 15) is 4.79 Å². The number of hydrogen-bond acceptors (Lipinski definition) is 4. The number of likely N-dealkylation sites (tertiary alicyclic amines) is 1. The van der Waals surface area contributed by atoms with Crippen LogP contribution in [0.4, 0.5) is 0 Å². The summed E-state index contributed by atoms with van der Waals surface area (Å²) in [6, 6.07) is 4.17. The first-order valence-electron chi connectivity index (χ1n) is 7.37. The largest absolute Gasteiger partial charge is 0.468 e. The first-order valence-corrected chi connectivity index (χ1v) is 7.37. The molecule has 0 aromatic carbocycles. The van der Waals surface area contributed by atoms with Gasteiger partial charge in [-0.05, 0) is 25.0 Å². The molecule has 2 saturated heterocycles. The van der Waals surface area contributed by atoms with Crippen LogP contribution in [-0.4, -0.2) is 54.1 Å². The number of amides is 1. The molecule has 0 bridgehead atoms. The van der Waals surface area contributed by atoms with Gasteiger partial charge >= 0.3 is 0 Å². The molecule has 0 N–H and O–H groups in total. The summed E-state index contributed by atoms with van der Waals surface area (Å²) < 4.78 is 11.3. The van der Waals surface area contributed by atoms with Crippen LogP contribution in [0.5, 0.6) is 0 Å². The minimum atomic E-state index is 0.169. The quantitative estimate of drug-likeness (QED) is 0.822. The summed E-state index contributed by atoms with van der Waals surface area (Å²) >= 11 is 0. The van der Waals surface area contributed by atoms with Gasteiger partial charge in [0.2, 0.25) is 5.91 Å². The van der Waals surface area contributed by atoms with Crippen LogP contribution >= 0.6 is 0 Å². The highest BCUT2D eigenvalue weighted by Gasteiger charge is 2.35. The van der Waals surface area contributed by atoms with Gasteiger partial charge in [0, 0.05) is 26.6 Å². The molecule has 1 aromatic rings. The van der Waals surface area contributed by atoms with Crippen molar-refractivity contribution in [2.75, 3.05) is 26.2 Å². The van der Waals surface area contributed by atoms with Crippen molar-refractivity contribution in [3.8, 4) is 0 Å². The second-order valence-corrected chi connectivity index (χ2v) is 5.62. The van der Waals surface area contributed by atoms with Gasteiger partial charge in [0.05, 0.1) is 31.6 Å². The zero-order valence-electron chi connectivity index (χ0n) is 12.0. The predicted octanol–water partition coefficient (Wildman–Crippen LogP) is 1.49. The molecule has 3 heterocycles. The van der Waals surface area contributed by atoms with Crippen LogP contribution in [0.2, 0.25) is 0 Å². The number of hydrogen-bond donors (Lipinski definition) is 0. The molecule has 0 radical (unpaired) electrons. The molecular weight excluding hydrogens is 256 g/mol. The lowest BCUT2D eigenvalue weighted by Crippen LogP contribution is -2.52. The van der Waals surface area contributed by atoms with Crippen molar-refractivity contribution in [1.29, 1.82) is 0 Å². The highest BCUT2D eigenvalue weighted by atomic mass is 16.5. The molecule has 2 aliphatic rings. The van der Waals surface area contributed by atoms with E-state index in [0.29, 0.717) is 6.61 Å². The van der Waals surface area contributed by atoms with Gasteiger partial charge in [0.1, 0.15) is 5.76 Å². The molecule has 20 heavy (non-hydrogen) atoms. The maximum atomic E-state index is 11.7. The highest BCUT2D eigenvalue weighted by molar-refractivity contribution is 5.73. The zero-order valence-corrected chi connectivity index (χ0v) is 12.0. The molecule has 2 fully saturated rings. The van der Waals surface area contributed by atoms with E-state index in [4.69, 9.17) is 9.15 Å². The van der Waals surface area contributed by atoms with Crippen molar-refractivity contribution in [2.24, 2.45) is 0 Å². The van der Waals surface area contributed by atoms with E-state index in [0.717, 1.165) is 44.8 Å². The summed E-state index contributed by atoms with van der Waals surface area (Å²) in [5.74, 6) is 1.17. The number of furan rings is 1. The number of morpholine rings is 1. The monoisotopic (exact) mass is 278 g/mol. The highest BCUT2D eigenvalue weighted by Crippen LogP contribution is 2.24. The van der Waals surface area contributed by atoms with Gasteiger partial charge in [-0.3, -0.25) is 9.69 Å². The van der Waals surface area contributed by atoms with Crippen molar-refractivity contribution in [1.82, 2.24) is 9.80 Å². The summed E-state index contributed by atoms with van der Waals surface area (Å²) in [5.41, 5.74) is 0. The SMILES string of the molecule is CC(=O)N1CCOC2CCN(Cc3ccco3)CCC21. The molecule has 0 aliphatic carbocycles. The number of rotatable bonds is 2. The minimum Gasteiger partial charge on any atom is -0.468 e. The Morgan fingerprint density at radius 1 is 1.35 bits per heavy atom. The third-order valence-electron chi connectivity index (χ3n) is 4.33. The topological polar surface area (TPSA) is 45.9 Å². The van der Waals surface area contributed by atoms with Crippen LogP contribution in [0.3, 0.4) is 0 Å². The van der Waals surface area contributed by atoms with Crippen molar-refractivity contribution >= 4 is 5.91 Å². The van der Waals surface area contributed by atoms with E-state index in [-0.39, 0.29) is 18.1 Å². The molecule has 3 rings (SSSR count). The van der Waals surface area contributed by atoms with Gasteiger partial charge in [-0.25, -0.2) is 0 Å². The van der Waals surface area contributed by atoms with Crippen LogP contribution in [-0.2, 0) is 16.1 Å². The van der Waals surface area contributed by atoms with Gasteiger partial charge in [-0.2, -0.15) is 0 Å². The molecule has 2 atom stereocenters. The van der Waals surface area contributed by atoms with E-state index < -0.39 is 0 Å². The number of ether oxygens (including phenoxy) is 1. The lowest BCUT2D eigenvalue weighted by atomic mass is 10.0. The Bertz CT molecular complexity index is 446. The molecule has 1 aromatic heterocycles. The van der Waals surface area contributed by atoms with Crippen molar-refractivity contribution in [3.63, 3.8) is 0 Å². The van der Waals surface area contributed by atoms with Crippen molar-refractivity contribution in [2.45, 2.75) is 38.5 Å². The predicted molar refractivity (Wildman–Crippen MR) is 74.1 cm³/mol. The fourth-order valence-electron chi connectivity index (χ4n) is 3.31. The molecule has 0 saturated carbocycles. The first kappa shape index (κ1) is 13.6. The Morgan fingerprint density at radius 2 is 2.20 bits per heavy atom. The smallest absolute Gasteiger partial charge is 0.219 e. The first-order chi connectivity index (χ1) is 9.74. The van der Waals surface area contributed by atoms with Crippen LogP contribution in [0.25, 0.3) is 0 Å². The van der Waals surface area contributed by atoms with Gasteiger partial charge in [-0.15, -0.1) is 0 Å². The molecule has 5 heteroatoms. The van der Waals surface area contributed by atoms with Crippen molar-refractivity contribution < 1.29 is 13.9 Å². The van der Waals surface area contributed by atoms with Crippen LogP contribution in [0.15, 0.2) is 22.8 Å². The molecule has 1 amide bonds. The van der Waals surface area contributed by atoms with E-state index in [1.165, 1.54) is 0 Å². The average molecular weight is 278 g/mol. The number of carbonyl (C=O) groups excluding carboxylic acids is 1. The summed E-state index contributed by atoms with van der Waals surface area (Å²) in [6.45, 7) is 5.87. The Balaban J connectivity index is 1.64. The normalized spacial score (nSPS) is 27.9. The average Bonchev–Trinajstić information content (AvgIpc) is 2.86. The van der Waals surface area contributed by atoms with Crippen LogP contribution in [0.1, 0.15) is 25.5 Å². The van der Waals surface area contributed by atoms with Crippen LogP contribution < -0.4 is 0 Å². The summed E-state index contributed by atoms with van der Waals surface area (Å²) in [5, 5.41) is 0. The third-order valence-corrected chi connectivity index (χ3v) is 4.33.